The van der Waals surface area contributed by atoms with Crippen molar-refractivity contribution < 1.29 is 22.7 Å². The summed E-state index contributed by atoms with van der Waals surface area (Å²) in [4.78, 5) is 12.8. The summed E-state index contributed by atoms with van der Waals surface area (Å²) in [6, 6.07) is 15.5. The molecule has 1 saturated heterocycles. The fraction of sp³-hybridized carbons (Fsp3) is 0.480. The highest BCUT2D eigenvalue weighted by Crippen LogP contribution is 2.38. The molecule has 7 nitrogen and oxygen atoms in total. The molecule has 0 radical (unpaired) electrons. The van der Waals surface area contributed by atoms with Crippen molar-refractivity contribution in [2.75, 3.05) is 24.0 Å². The average molecular weight is 505 g/mol. The van der Waals surface area contributed by atoms with Crippen LogP contribution in [0.2, 0.25) is 25.7 Å². The molecule has 0 N–H and O–H groups in total. The first-order chi connectivity index (χ1) is 16.0. The van der Waals surface area contributed by atoms with Gasteiger partial charge in [-0.05, 0) is 36.1 Å². The van der Waals surface area contributed by atoms with Crippen molar-refractivity contribution in [2.24, 2.45) is 5.92 Å². The summed E-state index contributed by atoms with van der Waals surface area (Å²) in [5.74, 6) is 1.01. The molecule has 0 unspecified atom stereocenters. The maximum absolute atomic E-state index is 13.4. The Labute approximate surface area is 204 Å². The zero-order chi connectivity index (χ0) is 24.9. The predicted molar refractivity (Wildman–Crippen MR) is 138 cm³/mol. The Morgan fingerprint density at radius 3 is 2.38 bits per heavy atom. The van der Waals surface area contributed by atoms with Crippen molar-refractivity contribution >= 4 is 29.9 Å². The highest BCUT2D eigenvalue weighted by atomic mass is 32.2. The first-order valence-corrected chi connectivity index (χ1v) is 16.8. The first kappa shape index (κ1) is 26.1. The van der Waals surface area contributed by atoms with Gasteiger partial charge in [0.25, 0.3) is 5.91 Å². The predicted octanol–water partition coefficient (Wildman–Crippen LogP) is 4.92. The molecule has 0 atom stereocenters. The lowest BCUT2D eigenvalue weighted by atomic mass is 10.1. The number of carbonyl (C=O) groups excluding carboxylic acids is 1. The van der Waals surface area contributed by atoms with Crippen LogP contribution in [0.15, 0.2) is 48.5 Å². The van der Waals surface area contributed by atoms with Crippen molar-refractivity contribution in [3.63, 3.8) is 0 Å². The maximum Gasteiger partial charge on any atom is 0.329 e. The summed E-state index contributed by atoms with van der Waals surface area (Å²) in [6.45, 7) is 11.5. The van der Waals surface area contributed by atoms with Crippen LogP contribution in [0.3, 0.4) is 0 Å². The zero-order valence-electron chi connectivity index (χ0n) is 20.8. The molecule has 0 aromatic heterocycles. The van der Waals surface area contributed by atoms with Gasteiger partial charge in [0, 0.05) is 20.7 Å². The van der Waals surface area contributed by atoms with E-state index in [0.29, 0.717) is 35.8 Å². The molecule has 186 valence electrons. The summed E-state index contributed by atoms with van der Waals surface area (Å²) in [5, 5.41) is 0. The summed E-state index contributed by atoms with van der Waals surface area (Å²) in [7, 11) is -5.54. The van der Waals surface area contributed by atoms with Gasteiger partial charge in [0.15, 0.2) is 0 Å². The molecule has 2 aromatic carbocycles. The van der Waals surface area contributed by atoms with Gasteiger partial charge < -0.3 is 9.47 Å². The molecule has 1 amide bonds. The third-order valence-corrected chi connectivity index (χ3v) is 9.13. The van der Waals surface area contributed by atoms with E-state index in [1.807, 2.05) is 30.3 Å². The summed E-state index contributed by atoms with van der Waals surface area (Å²) < 4.78 is 40.9. The normalized spacial score (nSPS) is 15.8. The average Bonchev–Trinajstić information content (AvgIpc) is 2.99. The minimum atomic E-state index is -4.00. The topological polar surface area (TPSA) is 76.2 Å². The maximum atomic E-state index is 13.4. The molecule has 0 bridgehead atoms. The van der Waals surface area contributed by atoms with Gasteiger partial charge in [-0.25, -0.2) is 8.61 Å². The van der Waals surface area contributed by atoms with Crippen LogP contribution in [0, 0.1) is 5.92 Å². The number of benzene rings is 2. The molecular formula is C25H36N2O5SSi. The van der Waals surface area contributed by atoms with E-state index in [-0.39, 0.29) is 19.7 Å². The molecule has 2 aromatic rings. The number of carbonyl (C=O) groups is 1. The summed E-state index contributed by atoms with van der Waals surface area (Å²) >= 11 is 0. The highest BCUT2D eigenvalue weighted by Gasteiger charge is 2.44. The Kier molecular flexibility index (Phi) is 8.30. The minimum Gasteiger partial charge on any atom is -0.494 e. The van der Waals surface area contributed by atoms with Gasteiger partial charge in [0.05, 0.1) is 12.3 Å². The molecule has 1 fully saturated rings. The Morgan fingerprint density at radius 2 is 1.74 bits per heavy atom. The van der Waals surface area contributed by atoms with Crippen LogP contribution in [0.25, 0.3) is 0 Å². The molecule has 1 aliphatic heterocycles. The highest BCUT2D eigenvalue weighted by molar-refractivity contribution is 7.91. The third kappa shape index (κ3) is 6.76. The SMILES string of the molecule is CC(C)CCOc1ccc(OCc2ccccc2)c(N2CC(=O)N(CC[Si](C)(C)C)S2(=O)=O)c1. The standard InChI is InChI=1S/C25H36N2O5SSi/c1-20(2)13-15-31-22-11-12-24(32-19-21-9-7-6-8-10-21)23(17-22)27-18-25(28)26(33(27,29)30)14-16-34(3,4)5/h6-12,17,20H,13-16,18-19H2,1-5H3. The van der Waals surface area contributed by atoms with Crippen LogP contribution in [0.4, 0.5) is 5.69 Å². The van der Waals surface area contributed by atoms with Crippen LogP contribution in [-0.4, -0.2) is 46.4 Å². The summed E-state index contributed by atoms with van der Waals surface area (Å²) in [5.41, 5.74) is 1.28. The molecule has 0 spiro atoms. The zero-order valence-corrected chi connectivity index (χ0v) is 22.6. The third-order valence-electron chi connectivity index (χ3n) is 5.58. The Morgan fingerprint density at radius 1 is 1.03 bits per heavy atom. The van der Waals surface area contributed by atoms with E-state index in [4.69, 9.17) is 9.47 Å². The van der Waals surface area contributed by atoms with E-state index in [9.17, 15) is 13.2 Å². The van der Waals surface area contributed by atoms with Crippen LogP contribution >= 0.6 is 0 Å². The van der Waals surface area contributed by atoms with Gasteiger partial charge in [0.2, 0.25) is 0 Å². The molecule has 1 aliphatic rings. The first-order valence-electron chi connectivity index (χ1n) is 11.7. The van der Waals surface area contributed by atoms with E-state index in [2.05, 4.69) is 33.5 Å². The van der Waals surface area contributed by atoms with Gasteiger partial charge in [0.1, 0.15) is 24.7 Å². The van der Waals surface area contributed by atoms with E-state index < -0.39 is 24.2 Å². The molecular weight excluding hydrogens is 468 g/mol. The smallest absolute Gasteiger partial charge is 0.329 e. The van der Waals surface area contributed by atoms with Crippen molar-refractivity contribution in [1.82, 2.24) is 4.31 Å². The van der Waals surface area contributed by atoms with Gasteiger partial charge in [-0.15, -0.1) is 0 Å². The number of rotatable bonds is 11. The summed E-state index contributed by atoms with van der Waals surface area (Å²) in [6.07, 6.45) is 0.882. The number of ether oxygens (including phenoxy) is 2. The van der Waals surface area contributed by atoms with Gasteiger partial charge >= 0.3 is 10.2 Å². The van der Waals surface area contributed by atoms with Crippen LogP contribution < -0.4 is 13.8 Å². The second kappa shape index (κ2) is 10.8. The fourth-order valence-electron chi connectivity index (χ4n) is 3.47. The quantitative estimate of drug-likeness (QED) is 0.406. The molecule has 0 aliphatic carbocycles. The van der Waals surface area contributed by atoms with Gasteiger partial charge in [-0.1, -0.05) is 63.8 Å². The monoisotopic (exact) mass is 504 g/mol. The number of hydrogen-bond acceptors (Lipinski definition) is 5. The Bertz CT molecular complexity index is 1080. The number of amides is 1. The molecule has 9 heteroatoms. The molecule has 34 heavy (non-hydrogen) atoms. The molecule has 3 rings (SSSR count). The molecule has 1 heterocycles. The van der Waals surface area contributed by atoms with Crippen LogP contribution in [0.1, 0.15) is 25.8 Å². The largest absolute Gasteiger partial charge is 0.494 e. The fourth-order valence-corrected chi connectivity index (χ4v) is 6.07. The minimum absolute atomic E-state index is 0.207. The van der Waals surface area contributed by atoms with Crippen molar-refractivity contribution in [1.29, 1.82) is 0 Å². The lowest BCUT2D eigenvalue weighted by Crippen LogP contribution is -2.37. The molecule has 0 saturated carbocycles. The van der Waals surface area contributed by atoms with Crippen molar-refractivity contribution in [3.05, 3.63) is 54.1 Å². The van der Waals surface area contributed by atoms with Crippen LogP contribution in [0.5, 0.6) is 11.5 Å². The van der Waals surface area contributed by atoms with Crippen molar-refractivity contribution in [2.45, 2.75) is 52.6 Å². The lowest BCUT2D eigenvalue weighted by Gasteiger charge is -2.24. The second-order valence-corrected chi connectivity index (χ2v) is 17.6. The number of anilines is 1. The van der Waals surface area contributed by atoms with Gasteiger partial charge in [-0.2, -0.15) is 8.42 Å². The number of hydrogen-bond donors (Lipinski definition) is 0. The van der Waals surface area contributed by atoms with Gasteiger partial charge in [-0.3, -0.25) is 4.79 Å². The van der Waals surface area contributed by atoms with E-state index >= 15 is 0 Å². The number of nitrogens with zero attached hydrogens (tertiary/aromatic N) is 2. The van der Waals surface area contributed by atoms with Crippen LogP contribution in [-0.2, 0) is 21.6 Å². The van der Waals surface area contributed by atoms with E-state index in [0.717, 1.165) is 20.6 Å². The van der Waals surface area contributed by atoms with E-state index in [1.165, 1.54) is 0 Å². The lowest BCUT2D eigenvalue weighted by molar-refractivity contribution is -0.123. The Hall–Kier alpha value is -2.52. The van der Waals surface area contributed by atoms with E-state index in [1.54, 1.807) is 18.2 Å². The van der Waals surface area contributed by atoms with Crippen molar-refractivity contribution in [3.8, 4) is 11.5 Å². The Balaban J connectivity index is 1.89. The second-order valence-electron chi connectivity index (χ2n) is 10.2.